The van der Waals surface area contributed by atoms with Crippen LogP contribution >= 0.6 is 11.3 Å². The van der Waals surface area contributed by atoms with Crippen LogP contribution in [0.25, 0.3) is 0 Å². The Hall–Kier alpha value is -0.380. The molecule has 17 heavy (non-hydrogen) atoms. The molecule has 1 rings (SSSR count). The molecule has 0 spiro atoms. The topological polar surface area (TPSA) is 29.3 Å². The van der Waals surface area contributed by atoms with Gasteiger partial charge in [-0.1, -0.05) is 19.9 Å². The van der Waals surface area contributed by atoms with Gasteiger partial charge in [0, 0.05) is 23.0 Å². The molecule has 0 bridgehead atoms. The summed E-state index contributed by atoms with van der Waals surface area (Å²) in [7, 11) is 2.20. The van der Waals surface area contributed by atoms with Crippen LogP contribution in [0.3, 0.4) is 0 Å². The van der Waals surface area contributed by atoms with Gasteiger partial charge in [0.15, 0.2) is 0 Å². The van der Waals surface area contributed by atoms with Crippen LogP contribution in [-0.4, -0.2) is 30.1 Å². The zero-order chi connectivity index (χ0) is 13.1. The quantitative estimate of drug-likeness (QED) is 0.845. The van der Waals surface area contributed by atoms with Crippen LogP contribution < -0.4 is 5.73 Å². The molecule has 1 heterocycles. The molecular formula is C14H26N2S. The largest absolute Gasteiger partial charge is 0.329 e. The van der Waals surface area contributed by atoms with Crippen molar-refractivity contribution < 1.29 is 0 Å². The first-order chi connectivity index (χ1) is 7.91. The first-order valence-corrected chi connectivity index (χ1v) is 7.25. The van der Waals surface area contributed by atoms with Crippen LogP contribution in [0, 0.1) is 5.92 Å². The van der Waals surface area contributed by atoms with Crippen molar-refractivity contribution >= 4 is 11.3 Å². The van der Waals surface area contributed by atoms with E-state index in [4.69, 9.17) is 5.73 Å². The molecule has 2 N–H and O–H groups in total. The van der Waals surface area contributed by atoms with E-state index in [-0.39, 0.29) is 5.54 Å². The van der Waals surface area contributed by atoms with Crippen molar-refractivity contribution in [2.75, 3.05) is 13.6 Å². The summed E-state index contributed by atoms with van der Waals surface area (Å²) in [5.41, 5.74) is 6.06. The van der Waals surface area contributed by atoms with E-state index < -0.39 is 0 Å². The van der Waals surface area contributed by atoms with E-state index >= 15 is 0 Å². The summed E-state index contributed by atoms with van der Waals surface area (Å²) >= 11 is 1.84. The molecule has 0 saturated heterocycles. The number of nitrogens with zero attached hydrogens (tertiary/aromatic N) is 1. The van der Waals surface area contributed by atoms with Crippen LogP contribution in [0.2, 0.25) is 0 Å². The second-order valence-corrected chi connectivity index (χ2v) is 6.49. The predicted octanol–water partition coefficient (Wildman–Crippen LogP) is 2.98. The number of thiophene rings is 1. The molecule has 0 aliphatic carbocycles. The summed E-state index contributed by atoms with van der Waals surface area (Å²) in [5, 5.41) is 2.15. The van der Waals surface area contributed by atoms with E-state index in [2.05, 4.69) is 57.2 Å². The lowest BCUT2D eigenvalue weighted by Crippen LogP contribution is -2.56. The highest BCUT2D eigenvalue weighted by molar-refractivity contribution is 7.09. The Kier molecular flexibility index (Phi) is 5.17. The maximum absolute atomic E-state index is 5.98. The molecule has 1 aromatic heterocycles. The Morgan fingerprint density at radius 1 is 1.41 bits per heavy atom. The summed E-state index contributed by atoms with van der Waals surface area (Å²) in [6.07, 6.45) is 1.11. The average Bonchev–Trinajstić information content (AvgIpc) is 2.79. The van der Waals surface area contributed by atoms with Gasteiger partial charge in [0.05, 0.1) is 0 Å². The van der Waals surface area contributed by atoms with Crippen molar-refractivity contribution in [3.05, 3.63) is 22.4 Å². The standard InChI is InChI=1S/C14H26N2S/c1-11(2)14(4,10-15)16(5)12(3)9-13-7-6-8-17-13/h6-8,11-12H,9-10,15H2,1-5H3. The first kappa shape index (κ1) is 14.7. The van der Waals surface area contributed by atoms with Gasteiger partial charge in [-0.15, -0.1) is 11.3 Å². The number of hydrogen-bond acceptors (Lipinski definition) is 3. The normalized spacial score (nSPS) is 17.4. The molecule has 2 unspecified atom stereocenters. The van der Waals surface area contributed by atoms with E-state index in [0.717, 1.165) is 6.42 Å². The SMILES string of the molecule is CC(Cc1cccs1)N(C)C(C)(CN)C(C)C. The molecule has 0 saturated carbocycles. The van der Waals surface area contributed by atoms with Gasteiger partial charge >= 0.3 is 0 Å². The van der Waals surface area contributed by atoms with Gasteiger partial charge in [-0.05, 0) is 44.7 Å². The molecule has 1 aromatic rings. The van der Waals surface area contributed by atoms with Gasteiger partial charge in [-0.3, -0.25) is 4.90 Å². The van der Waals surface area contributed by atoms with Crippen LogP contribution in [0.4, 0.5) is 0 Å². The molecule has 0 aliphatic rings. The maximum atomic E-state index is 5.98. The molecule has 98 valence electrons. The lowest BCUT2D eigenvalue weighted by molar-refractivity contribution is 0.0596. The summed E-state index contributed by atoms with van der Waals surface area (Å²) in [5.74, 6) is 0.559. The lowest BCUT2D eigenvalue weighted by atomic mass is 9.85. The number of likely N-dealkylation sites (N-methyl/N-ethyl adjacent to an activating group) is 1. The van der Waals surface area contributed by atoms with Crippen molar-refractivity contribution in [1.29, 1.82) is 0 Å². The van der Waals surface area contributed by atoms with Gasteiger partial charge in [0.2, 0.25) is 0 Å². The zero-order valence-electron chi connectivity index (χ0n) is 11.7. The van der Waals surface area contributed by atoms with E-state index in [0.29, 0.717) is 18.5 Å². The molecule has 0 amide bonds. The van der Waals surface area contributed by atoms with E-state index in [9.17, 15) is 0 Å². The number of nitrogens with two attached hydrogens (primary N) is 1. The Bertz CT molecular complexity index is 321. The molecule has 0 aromatic carbocycles. The molecule has 0 radical (unpaired) electrons. The second kappa shape index (κ2) is 5.98. The Morgan fingerprint density at radius 2 is 2.06 bits per heavy atom. The fourth-order valence-electron chi connectivity index (χ4n) is 2.15. The van der Waals surface area contributed by atoms with Crippen molar-refractivity contribution in [3.63, 3.8) is 0 Å². The monoisotopic (exact) mass is 254 g/mol. The molecular weight excluding hydrogens is 228 g/mol. The average molecular weight is 254 g/mol. The van der Waals surface area contributed by atoms with Crippen LogP contribution in [0.5, 0.6) is 0 Å². The van der Waals surface area contributed by atoms with Gasteiger partial charge in [0.25, 0.3) is 0 Å². The third kappa shape index (κ3) is 3.30. The Balaban J connectivity index is 2.71. The van der Waals surface area contributed by atoms with E-state index in [1.165, 1.54) is 4.88 Å². The Morgan fingerprint density at radius 3 is 2.47 bits per heavy atom. The summed E-state index contributed by atoms with van der Waals surface area (Å²) < 4.78 is 0. The minimum absolute atomic E-state index is 0.0800. The second-order valence-electron chi connectivity index (χ2n) is 5.46. The predicted molar refractivity (Wildman–Crippen MR) is 77.5 cm³/mol. The van der Waals surface area contributed by atoms with Crippen LogP contribution in [0.15, 0.2) is 17.5 Å². The van der Waals surface area contributed by atoms with Gasteiger partial charge in [-0.25, -0.2) is 0 Å². The van der Waals surface area contributed by atoms with E-state index in [1.54, 1.807) is 0 Å². The first-order valence-electron chi connectivity index (χ1n) is 6.37. The van der Waals surface area contributed by atoms with Gasteiger partial charge in [0.1, 0.15) is 0 Å². The Labute approximate surface area is 110 Å². The minimum Gasteiger partial charge on any atom is -0.329 e. The smallest absolute Gasteiger partial charge is 0.0326 e. The van der Waals surface area contributed by atoms with E-state index in [1.807, 2.05) is 11.3 Å². The summed E-state index contributed by atoms with van der Waals surface area (Å²) in [6, 6.07) is 4.85. The van der Waals surface area contributed by atoms with Crippen molar-refractivity contribution in [2.45, 2.75) is 45.7 Å². The van der Waals surface area contributed by atoms with Gasteiger partial charge < -0.3 is 5.73 Å². The summed E-state index contributed by atoms with van der Waals surface area (Å²) in [6.45, 7) is 9.76. The zero-order valence-corrected chi connectivity index (χ0v) is 12.6. The highest BCUT2D eigenvalue weighted by atomic mass is 32.1. The highest BCUT2D eigenvalue weighted by Gasteiger charge is 2.33. The fraction of sp³-hybridized carbons (Fsp3) is 0.714. The van der Waals surface area contributed by atoms with Crippen molar-refractivity contribution in [2.24, 2.45) is 11.7 Å². The number of hydrogen-bond donors (Lipinski definition) is 1. The molecule has 2 nitrogen and oxygen atoms in total. The molecule has 3 heteroatoms. The maximum Gasteiger partial charge on any atom is 0.0326 e. The van der Waals surface area contributed by atoms with Crippen LogP contribution in [0.1, 0.15) is 32.6 Å². The minimum atomic E-state index is 0.0800. The van der Waals surface area contributed by atoms with Gasteiger partial charge in [-0.2, -0.15) is 0 Å². The third-order valence-electron chi connectivity index (χ3n) is 4.20. The lowest BCUT2D eigenvalue weighted by Gasteiger charge is -2.45. The highest BCUT2D eigenvalue weighted by Crippen LogP contribution is 2.26. The molecule has 2 atom stereocenters. The number of rotatable bonds is 6. The van der Waals surface area contributed by atoms with Crippen molar-refractivity contribution in [1.82, 2.24) is 4.90 Å². The molecule has 0 aliphatic heterocycles. The fourth-order valence-corrected chi connectivity index (χ4v) is 2.97. The van der Waals surface area contributed by atoms with Crippen LogP contribution in [-0.2, 0) is 6.42 Å². The summed E-state index contributed by atoms with van der Waals surface area (Å²) in [4.78, 5) is 3.89. The third-order valence-corrected chi connectivity index (χ3v) is 5.10. The molecule has 0 fully saturated rings. The van der Waals surface area contributed by atoms with Crippen molar-refractivity contribution in [3.8, 4) is 0 Å².